The number of aromatic nitrogens is 2. The van der Waals surface area contributed by atoms with Crippen molar-refractivity contribution in [2.45, 2.75) is 12.8 Å². The first-order valence-electron chi connectivity index (χ1n) is 4.90. The van der Waals surface area contributed by atoms with Crippen LogP contribution in [0.4, 0.5) is 4.39 Å². The van der Waals surface area contributed by atoms with Crippen molar-refractivity contribution in [1.29, 1.82) is 0 Å². The number of hydrogen-bond donors (Lipinski definition) is 0. The van der Waals surface area contributed by atoms with Gasteiger partial charge in [-0.15, -0.1) is 11.6 Å². The molecule has 2 rings (SSSR count). The lowest BCUT2D eigenvalue weighted by Crippen LogP contribution is -1.98. The van der Waals surface area contributed by atoms with Gasteiger partial charge in [0.15, 0.2) is 5.82 Å². The second-order valence-corrected chi connectivity index (χ2v) is 3.87. The van der Waals surface area contributed by atoms with E-state index in [9.17, 15) is 4.39 Å². The van der Waals surface area contributed by atoms with Crippen LogP contribution in [0.5, 0.6) is 0 Å². The van der Waals surface area contributed by atoms with Crippen molar-refractivity contribution in [3.05, 3.63) is 29.8 Å². The number of nitrogens with zero attached hydrogens (tertiary/aromatic N) is 2. The molecule has 0 fully saturated rings. The second kappa shape index (κ2) is 4.19. The second-order valence-electron chi connectivity index (χ2n) is 3.49. The van der Waals surface area contributed by atoms with E-state index >= 15 is 0 Å². The van der Waals surface area contributed by atoms with Gasteiger partial charge in [0.1, 0.15) is 11.3 Å². The van der Waals surface area contributed by atoms with Crippen LogP contribution in [0.1, 0.15) is 12.2 Å². The fourth-order valence-electron chi connectivity index (χ4n) is 1.68. The van der Waals surface area contributed by atoms with Crippen molar-refractivity contribution in [1.82, 2.24) is 9.55 Å². The fraction of sp³-hybridized carbons (Fsp3) is 0.364. The molecule has 0 atom stereocenters. The maximum atomic E-state index is 13.4. The Kier molecular flexibility index (Phi) is 2.91. The lowest BCUT2D eigenvalue weighted by Gasteiger charge is -1.99. The number of para-hydroxylation sites is 1. The Morgan fingerprint density at radius 2 is 2.27 bits per heavy atom. The Bertz CT molecular complexity index is 479. The molecule has 0 radical (unpaired) electrons. The van der Waals surface area contributed by atoms with Crippen LogP contribution >= 0.6 is 11.6 Å². The summed E-state index contributed by atoms with van der Waals surface area (Å²) in [4.78, 5) is 4.28. The molecule has 0 saturated heterocycles. The van der Waals surface area contributed by atoms with E-state index in [4.69, 9.17) is 11.6 Å². The molecule has 0 spiro atoms. The highest BCUT2D eigenvalue weighted by atomic mass is 35.5. The molecule has 15 heavy (non-hydrogen) atoms. The standard InChI is InChI=1S/C11H12ClFN2/c1-15-9-5-2-4-8(13)11(9)14-10(15)6-3-7-12/h2,4-5H,3,6-7H2,1H3. The first-order valence-corrected chi connectivity index (χ1v) is 5.43. The number of imidazole rings is 1. The molecule has 80 valence electrons. The van der Waals surface area contributed by atoms with Crippen LogP contribution in [-0.4, -0.2) is 15.4 Å². The van der Waals surface area contributed by atoms with E-state index in [1.165, 1.54) is 6.07 Å². The minimum absolute atomic E-state index is 0.264. The maximum absolute atomic E-state index is 13.4. The quantitative estimate of drug-likeness (QED) is 0.736. The fourth-order valence-corrected chi connectivity index (χ4v) is 1.81. The molecule has 0 unspecified atom stereocenters. The molecule has 0 aliphatic rings. The van der Waals surface area contributed by atoms with E-state index in [0.717, 1.165) is 24.2 Å². The summed E-state index contributed by atoms with van der Waals surface area (Å²) in [6, 6.07) is 5.00. The van der Waals surface area contributed by atoms with Crippen LogP contribution in [0, 0.1) is 5.82 Å². The van der Waals surface area contributed by atoms with Crippen molar-refractivity contribution in [2.24, 2.45) is 7.05 Å². The van der Waals surface area contributed by atoms with Crippen LogP contribution in [-0.2, 0) is 13.5 Å². The number of alkyl halides is 1. The molecule has 2 nitrogen and oxygen atoms in total. The first kappa shape index (κ1) is 10.4. The van der Waals surface area contributed by atoms with Crippen molar-refractivity contribution < 1.29 is 4.39 Å². The average Bonchev–Trinajstić information content (AvgIpc) is 2.55. The van der Waals surface area contributed by atoms with Crippen LogP contribution in [0.2, 0.25) is 0 Å². The van der Waals surface area contributed by atoms with E-state index < -0.39 is 0 Å². The molecule has 0 aliphatic heterocycles. The third-order valence-electron chi connectivity index (χ3n) is 2.49. The topological polar surface area (TPSA) is 17.8 Å². The molecule has 0 saturated carbocycles. The smallest absolute Gasteiger partial charge is 0.151 e. The highest BCUT2D eigenvalue weighted by molar-refractivity contribution is 6.17. The summed E-state index contributed by atoms with van der Waals surface area (Å²) in [6.45, 7) is 0. The lowest BCUT2D eigenvalue weighted by molar-refractivity contribution is 0.637. The third-order valence-corrected chi connectivity index (χ3v) is 2.76. The lowest BCUT2D eigenvalue weighted by atomic mass is 10.3. The Morgan fingerprint density at radius 1 is 1.47 bits per heavy atom. The Hall–Kier alpha value is -1.09. The zero-order valence-electron chi connectivity index (χ0n) is 8.50. The number of fused-ring (bicyclic) bond motifs is 1. The number of benzene rings is 1. The van der Waals surface area contributed by atoms with Gasteiger partial charge in [-0.3, -0.25) is 0 Å². The van der Waals surface area contributed by atoms with Crippen molar-refractivity contribution in [3.8, 4) is 0 Å². The zero-order chi connectivity index (χ0) is 10.8. The molecule has 1 heterocycles. The first-order chi connectivity index (χ1) is 7.24. The maximum Gasteiger partial charge on any atom is 0.151 e. The predicted molar refractivity (Wildman–Crippen MR) is 59.7 cm³/mol. The SMILES string of the molecule is Cn1c(CCCCl)nc2c(F)cccc21. The van der Waals surface area contributed by atoms with Crippen LogP contribution in [0.15, 0.2) is 18.2 Å². The summed E-state index contributed by atoms with van der Waals surface area (Å²) in [5.41, 5.74) is 1.28. The van der Waals surface area contributed by atoms with E-state index in [1.54, 1.807) is 6.07 Å². The van der Waals surface area contributed by atoms with Gasteiger partial charge in [-0.25, -0.2) is 9.37 Å². The van der Waals surface area contributed by atoms with Gasteiger partial charge in [-0.1, -0.05) is 6.07 Å². The third kappa shape index (κ3) is 1.84. The summed E-state index contributed by atoms with van der Waals surface area (Å²) in [6.07, 6.45) is 1.65. The van der Waals surface area contributed by atoms with Crippen molar-refractivity contribution in [3.63, 3.8) is 0 Å². The summed E-state index contributed by atoms with van der Waals surface area (Å²) < 4.78 is 15.3. The summed E-state index contributed by atoms with van der Waals surface area (Å²) >= 11 is 5.62. The van der Waals surface area contributed by atoms with Crippen LogP contribution in [0.3, 0.4) is 0 Å². The molecule has 1 aromatic carbocycles. The monoisotopic (exact) mass is 226 g/mol. The Balaban J connectivity index is 2.49. The normalized spacial score (nSPS) is 11.1. The van der Waals surface area contributed by atoms with Crippen molar-refractivity contribution >= 4 is 22.6 Å². The molecule has 2 aromatic rings. The average molecular weight is 227 g/mol. The van der Waals surface area contributed by atoms with Crippen LogP contribution in [0.25, 0.3) is 11.0 Å². The molecule has 4 heteroatoms. The Labute approximate surface area is 92.7 Å². The van der Waals surface area contributed by atoms with E-state index in [2.05, 4.69) is 4.98 Å². The van der Waals surface area contributed by atoms with Gasteiger partial charge < -0.3 is 4.57 Å². The number of halogens is 2. The largest absolute Gasteiger partial charge is 0.331 e. The van der Waals surface area contributed by atoms with Gasteiger partial charge in [0, 0.05) is 19.3 Å². The molecular weight excluding hydrogens is 215 g/mol. The number of hydrogen-bond acceptors (Lipinski definition) is 1. The van der Waals surface area contributed by atoms with Crippen molar-refractivity contribution in [2.75, 3.05) is 5.88 Å². The Morgan fingerprint density at radius 3 is 2.93 bits per heavy atom. The minimum atomic E-state index is -0.264. The van der Waals surface area contributed by atoms with Gasteiger partial charge in [-0.2, -0.15) is 0 Å². The summed E-state index contributed by atoms with van der Waals surface area (Å²) in [5, 5.41) is 0. The number of rotatable bonds is 3. The van der Waals surface area contributed by atoms with E-state index in [-0.39, 0.29) is 5.82 Å². The molecule has 0 bridgehead atoms. The van der Waals surface area contributed by atoms with Gasteiger partial charge in [-0.05, 0) is 18.6 Å². The predicted octanol–water partition coefficient (Wildman–Crippen LogP) is 2.88. The number of aryl methyl sites for hydroxylation is 2. The molecule has 0 amide bonds. The highest BCUT2D eigenvalue weighted by Crippen LogP contribution is 2.18. The molecule has 0 N–H and O–H groups in total. The van der Waals surface area contributed by atoms with Gasteiger partial charge >= 0.3 is 0 Å². The molecule has 1 aromatic heterocycles. The van der Waals surface area contributed by atoms with Gasteiger partial charge in [0.25, 0.3) is 0 Å². The minimum Gasteiger partial charge on any atom is -0.331 e. The highest BCUT2D eigenvalue weighted by Gasteiger charge is 2.10. The summed E-state index contributed by atoms with van der Waals surface area (Å²) in [7, 11) is 1.90. The molecule has 0 aliphatic carbocycles. The van der Waals surface area contributed by atoms with Crippen LogP contribution < -0.4 is 0 Å². The van der Waals surface area contributed by atoms with E-state index in [0.29, 0.717) is 11.4 Å². The van der Waals surface area contributed by atoms with Gasteiger partial charge in [0.05, 0.1) is 5.52 Å². The zero-order valence-corrected chi connectivity index (χ0v) is 9.26. The van der Waals surface area contributed by atoms with E-state index in [1.807, 2.05) is 17.7 Å². The summed E-state index contributed by atoms with van der Waals surface area (Å²) in [5.74, 6) is 1.22. The van der Waals surface area contributed by atoms with Gasteiger partial charge in [0.2, 0.25) is 0 Å². The molecular formula is C11H12ClFN2.